The van der Waals surface area contributed by atoms with Crippen molar-refractivity contribution in [1.29, 1.82) is 0 Å². The van der Waals surface area contributed by atoms with Gasteiger partial charge in [-0.3, -0.25) is 4.99 Å². The fraction of sp³-hybridized carbons (Fsp3) is 0.667. The number of aliphatic imine (C=N–C) groups is 1. The second-order valence-electron chi connectivity index (χ2n) is 7.52. The number of aliphatic hydroxyl groups is 1. The molecule has 1 atom stereocenters. The van der Waals surface area contributed by atoms with Gasteiger partial charge >= 0.3 is 0 Å². The molecule has 1 aliphatic rings. The predicted octanol–water partition coefficient (Wildman–Crippen LogP) is 3.29. The van der Waals surface area contributed by atoms with Crippen LogP contribution in [0.25, 0.3) is 0 Å². The van der Waals surface area contributed by atoms with E-state index in [1.54, 1.807) is 4.90 Å². The average Bonchev–Trinajstić information content (AvgIpc) is 3.13. The van der Waals surface area contributed by atoms with Crippen molar-refractivity contribution >= 4 is 11.6 Å². The van der Waals surface area contributed by atoms with Gasteiger partial charge in [-0.25, -0.2) is 8.78 Å². The minimum Gasteiger partial charge on any atom is -0.396 e. The number of hydrogen-bond donors (Lipinski definition) is 3. The second kappa shape index (κ2) is 10.6. The Morgan fingerprint density at radius 3 is 2.50 bits per heavy atom. The Balaban J connectivity index is 2.04. The van der Waals surface area contributed by atoms with Gasteiger partial charge in [-0.2, -0.15) is 0 Å². The fourth-order valence-corrected chi connectivity index (χ4v) is 3.78. The van der Waals surface area contributed by atoms with Crippen molar-refractivity contribution in [3.63, 3.8) is 0 Å². The third-order valence-electron chi connectivity index (χ3n) is 5.84. The minimum atomic E-state index is -0.527. The van der Waals surface area contributed by atoms with E-state index in [-0.39, 0.29) is 23.8 Å². The van der Waals surface area contributed by atoms with Crippen LogP contribution in [0, 0.1) is 17.0 Å². The van der Waals surface area contributed by atoms with Crippen LogP contribution in [0.5, 0.6) is 0 Å². The fourth-order valence-electron chi connectivity index (χ4n) is 3.78. The molecule has 158 valence electrons. The van der Waals surface area contributed by atoms with Crippen molar-refractivity contribution in [2.75, 3.05) is 37.7 Å². The molecule has 0 aromatic heterocycles. The van der Waals surface area contributed by atoms with E-state index in [0.717, 1.165) is 32.2 Å². The lowest BCUT2D eigenvalue weighted by molar-refractivity contribution is 0.175. The molecule has 1 aromatic rings. The number of nitrogens with zero attached hydrogens (tertiary/aromatic N) is 2. The predicted molar refractivity (Wildman–Crippen MR) is 111 cm³/mol. The lowest BCUT2D eigenvalue weighted by Crippen LogP contribution is -2.45. The van der Waals surface area contributed by atoms with Crippen LogP contribution in [0.3, 0.4) is 0 Å². The van der Waals surface area contributed by atoms with Crippen molar-refractivity contribution in [3.8, 4) is 0 Å². The zero-order chi connectivity index (χ0) is 20.6. The van der Waals surface area contributed by atoms with Crippen LogP contribution in [0.15, 0.2) is 23.2 Å². The Kier molecular flexibility index (Phi) is 8.48. The summed E-state index contributed by atoms with van der Waals surface area (Å²) >= 11 is 0. The first-order valence-corrected chi connectivity index (χ1v) is 10.3. The van der Waals surface area contributed by atoms with Crippen LogP contribution in [0.1, 0.15) is 46.5 Å². The molecule has 0 amide bonds. The molecular weight excluding hydrogens is 362 g/mol. The third-order valence-corrected chi connectivity index (χ3v) is 5.84. The first kappa shape index (κ1) is 22.4. The molecule has 3 N–H and O–H groups in total. The molecule has 1 aliphatic heterocycles. The van der Waals surface area contributed by atoms with Gasteiger partial charge < -0.3 is 20.6 Å². The second-order valence-corrected chi connectivity index (χ2v) is 7.52. The van der Waals surface area contributed by atoms with E-state index in [2.05, 4.69) is 24.5 Å². The number of hydrogen-bond acceptors (Lipinski definition) is 3. The highest BCUT2D eigenvalue weighted by Crippen LogP contribution is 2.31. The highest BCUT2D eigenvalue weighted by Gasteiger charge is 2.28. The monoisotopic (exact) mass is 396 g/mol. The van der Waals surface area contributed by atoms with Crippen molar-refractivity contribution in [3.05, 3.63) is 29.8 Å². The molecular formula is C21H34F2N4O. The van der Waals surface area contributed by atoms with Gasteiger partial charge in [0, 0.05) is 38.8 Å². The Hall–Kier alpha value is -1.89. The Morgan fingerprint density at radius 1 is 1.25 bits per heavy atom. The molecule has 1 fully saturated rings. The largest absolute Gasteiger partial charge is 0.396 e. The summed E-state index contributed by atoms with van der Waals surface area (Å²) in [5, 5.41) is 16.1. The first-order chi connectivity index (χ1) is 13.5. The number of para-hydroxylation sites is 1. The zero-order valence-corrected chi connectivity index (χ0v) is 17.3. The number of guanidine groups is 1. The average molecular weight is 397 g/mol. The summed E-state index contributed by atoms with van der Waals surface area (Å²) in [5.74, 6) is -0.339. The van der Waals surface area contributed by atoms with Gasteiger partial charge in [-0.1, -0.05) is 19.9 Å². The quantitative estimate of drug-likeness (QED) is 0.443. The topological polar surface area (TPSA) is 59.9 Å². The SMILES string of the molecule is CCNC(=NCC(CC)(CC)CCO)NC1CCN(c2c(F)cccc2F)C1. The van der Waals surface area contributed by atoms with E-state index in [0.29, 0.717) is 25.6 Å². The summed E-state index contributed by atoms with van der Waals surface area (Å²) in [5.41, 5.74) is 0.0439. The molecule has 2 rings (SSSR count). The summed E-state index contributed by atoms with van der Waals surface area (Å²) in [6.07, 6.45) is 3.42. The van der Waals surface area contributed by atoms with Crippen LogP contribution >= 0.6 is 0 Å². The van der Waals surface area contributed by atoms with E-state index in [9.17, 15) is 13.9 Å². The molecule has 0 aliphatic carbocycles. The standard InChI is InChI=1S/C21H34F2N4O/c1-4-21(5-2,11-13-28)15-25-20(24-6-3)26-16-10-12-27(14-16)19-17(22)8-7-9-18(19)23/h7-9,16,28H,4-6,10-15H2,1-3H3,(H2,24,25,26). The molecule has 7 heteroatoms. The van der Waals surface area contributed by atoms with E-state index >= 15 is 0 Å². The molecule has 1 heterocycles. The maximum Gasteiger partial charge on any atom is 0.191 e. The van der Waals surface area contributed by atoms with Gasteiger partial charge in [0.05, 0.1) is 0 Å². The smallest absolute Gasteiger partial charge is 0.191 e. The molecule has 0 bridgehead atoms. The lowest BCUT2D eigenvalue weighted by Gasteiger charge is -2.30. The summed E-state index contributed by atoms with van der Waals surface area (Å²) in [4.78, 5) is 6.51. The maximum atomic E-state index is 14.1. The molecule has 28 heavy (non-hydrogen) atoms. The number of rotatable bonds is 9. The van der Waals surface area contributed by atoms with Crippen molar-refractivity contribution < 1.29 is 13.9 Å². The highest BCUT2D eigenvalue weighted by molar-refractivity contribution is 5.80. The van der Waals surface area contributed by atoms with Gasteiger partial charge in [-0.05, 0) is 50.2 Å². The molecule has 0 spiro atoms. The third kappa shape index (κ3) is 5.56. The molecule has 1 unspecified atom stereocenters. The van der Waals surface area contributed by atoms with Gasteiger partial charge in [0.2, 0.25) is 0 Å². The molecule has 0 radical (unpaired) electrons. The summed E-state index contributed by atoms with van der Waals surface area (Å²) in [6, 6.07) is 4.03. The number of benzene rings is 1. The lowest BCUT2D eigenvalue weighted by atomic mass is 9.79. The van der Waals surface area contributed by atoms with Crippen LogP contribution in [-0.4, -0.2) is 49.9 Å². The van der Waals surface area contributed by atoms with Crippen LogP contribution in [0.2, 0.25) is 0 Å². The molecule has 1 saturated heterocycles. The van der Waals surface area contributed by atoms with Crippen LogP contribution < -0.4 is 15.5 Å². The summed E-state index contributed by atoms with van der Waals surface area (Å²) in [6.45, 7) is 8.91. The van der Waals surface area contributed by atoms with Gasteiger partial charge in [0.25, 0.3) is 0 Å². The van der Waals surface area contributed by atoms with E-state index in [1.165, 1.54) is 18.2 Å². The Bertz CT molecular complexity index is 629. The molecule has 5 nitrogen and oxygen atoms in total. The number of anilines is 1. The number of halogens is 2. The van der Waals surface area contributed by atoms with Gasteiger partial charge in [0.1, 0.15) is 17.3 Å². The van der Waals surface area contributed by atoms with Crippen LogP contribution in [-0.2, 0) is 0 Å². The molecule has 1 aromatic carbocycles. The Morgan fingerprint density at radius 2 is 1.93 bits per heavy atom. The first-order valence-electron chi connectivity index (χ1n) is 10.3. The zero-order valence-electron chi connectivity index (χ0n) is 17.3. The maximum absolute atomic E-state index is 14.1. The van der Waals surface area contributed by atoms with E-state index < -0.39 is 11.6 Å². The van der Waals surface area contributed by atoms with E-state index in [4.69, 9.17) is 4.99 Å². The van der Waals surface area contributed by atoms with Crippen LogP contribution in [0.4, 0.5) is 14.5 Å². The Labute approximate surface area is 167 Å². The minimum absolute atomic E-state index is 0.00485. The highest BCUT2D eigenvalue weighted by atomic mass is 19.1. The summed E-state index contributed by atoms with van der Waals surface area (Å²) < 4.78 is 28.1. The van der Waals surface area contributed by atoms with Crippen molar-refractivity contribution in [2.24, 2.45) is 10.4 Å². The number of nitrogens with one attached hydrogen (secondary N) is 2. The summed E-state index contributed by atoms with van der Waals surface area (Å²) in [7, 11) is 0. The van der Waals surface area contributed by atoms with Gasteiger partial charge in [-0.15, -0.1) is 0 Å². The van der Waals surface area contributed by atoms with Crippen molar-refractivity contribution in [1.82, 2.24) is 10.6 Å². The molecule has 0 saturated carbocycles. The number of aliphatic hydroxyl groups excluding tert-OH is 1. The van der Waals surface area contributed by atoms with E-state index in [1.807, 2.05) is 6.92 Å². The van der Waals surface area contributed by atoms with Gasteiger partial charge in [0.15, 0.2) is 5.96 Å². The van der Waals surface area contributed by atoms with Crippen molar-refractivity contribution in [2.45, 2.75) is 52.5 Å². The normalized spacial score (nSPS) is 17.9.